The summed E-state index contributed by atoms with van der Waals surface area (Å²) in [6.07, 6.45) is 1.48. The monoisotopic (exact) mass is 216 g/mol. The van der Waals surface area contributed by atoms with Crippen LogP contribution in [0.2, 0.25) is 0 Å². The van der Waals surface area contributed by atoms with Gasteiger partial charge in [0.1, 0.15) is 0 Å². The van der Waals surface area contributed by atoms with Gasteiger partial charge in [0.15, 0.2) is 0 Å². The molecule has 16 heavy (non-hydrogen) atoms. The average Bonchev–Trinajstić information content (AvgIpc) is 2.30. The van der Waals surface area contributed by atoms with Crippen LogP contribution in [-0.4, -0.2) is 12.0 Å². The molecule has 0 fully saturated rings. The van der Waals surface area contributed by atoms with Crippen molar-refractivity contribution in [1.82, 2.24) is 4.98 Å². The maximum absolute atomic E-state index is 13.0. The Morgan fingerprint density at radius 2 is 2.00 bits per heavy atom. The van der Waals surface area contributed by atoms with Gasteiger partial charge in [-0.15, -0.1) is 0 Å². The molecular formula is C13H13FN2. The largest absolute Gasteiger partial charge is 0.388 e. The van der Waals surface area contributed by atoms with Crippen molar-refractivity contribution in [3.05, 3.63) is 48.0 Å². The molecule has 1 aromatic heterocycles. The molecule has 0 aliphatic rings. The van der Waals surface area contributed by atoms with Gasteiger partial charge in [-0.3, -0.25) is 0 Å². The van der Waals surface area contributed by atoms with Gasteiger partial charge in [0, 0.05) is 25.0 Å². The van der Waals surface area contributed by atoms with Crippen LogP contribution >= 0.6 is 0 Å². The zero-order valence-corrected chi connectivity index (χ0v) is 9.29. The lowest BCUT2D eigenvalue weighted by molar-refractivity contribution is 0.584. The van der Waals surface area contributed by atoms with Crippen molar-refractivity contribution in [1.29, 1.82) is 0 Å². The molecule has 82 valence electrons. The minimum atomic E-state index is -0.452. The number of rotatable bonds is 2. The van der Waals surface area contributed by atoms with Crippen LogP contribution in [0.15, 0.2) is 36.5 Å². The minimum absolute atomic E-state index is 0.452. The second-order valence-corrected chi connectivity index (χ2v) is 3.65. The zero-order chi connectivity index (χ0) is 11.5. The lowest BCUT2D eigenvalue weighted by Gasteiger charge is -2.08. The smallest absolute Gasteiger partial charge is 0.213 e. The fourth-order valence-electron chi connectivity index (χ4n) is 1.66. The third kappa shape index (κ3) is 2.03. The molecule has 0 bridgehead atoms. The SMILES string of the molecule is CNc1ccc(C)c(-c2ccnc(F)c2)c1. The Bertz CT molecular complexity index is 509. The molecule has 0 aliphatic heterocycles. The van der Waals surface area contributed by atoms with E-state index in [4.69, 9.17) is 0 Å². The number of hydrogen-bond acceptors (Lipinski definition) is 2. The number of halogens is 1. The number of pyridine rings is 1. The molecule has 1 aromatic carbocycles. The summed E-state index contributed by atoms with van der Waals surface area (Å²) < 4.78 is 13.0. The zero-order valence-electron chi connectivity index (χ0n) is 9.29. The first-order chi connectivity index (χ1) is 7.70. The number of anilines is 1. The standard InChI is InChI=1S/C13H13FN2/c1-9-3-4-11(15-2)8-12(9)10-5-6-16-13(14)7-10/h3-8,15H,1-2H3. The Balaban J connectivity index is 2.54. The summed E-state index contributed by atoms with van der Waals surface area (Å²) in [4.78, 5) is 3.56. The van der Waals surface area contributed by atoms with E-state index in [1.54, 1.807) is 0 Å². The predicted octanol–water partition coefficient (Wildman–Crippen LogP) is 3.24. The van der Waals surface area contributed by atoms with Crippen molar-refractivity contribution in [2.75, 3.05) is 12.4 Å². The van der Waals surface area contributed by atoms with Gasteiger partial charge in [-0.1, -0.05) is 6.07 Å². The highest BCUT2D eigenvalue weighted by molar-refractivity contribution is 5.71. The van der Waals surface area contributed by atoms with Gasteiger partial charge in [-0.05, 0) is 41.8 Å². The lowest BCUT2D eigenvalue weighted by Crippen LogP contribution is -1.91. The minimum Gasteiger partial charge on any atom is -0.388 e. The molecular weight excluding hydrogens is 203 g/mol. The number of nitrogens with one attached hydrogen (secondary N) is 1. The topological polar surface area (TPSA) is 24.9 Å². The van der Waals surface area contributed by atoms with E-state index in [0.29, 0.717) is 0 Å². The summed E-state index contributed by atoms with van der Waals surface area (Å²) in [5.74, 6) is -0.452. The Morgan fingerprint density at radius 1 is 1.19 bits per heavy atom. The first-order valence-corrected chi connectivity index (χ1v) is 5.11. The molecule has 0 saturated heterocycles. The van der Waals surface area contributed by atoms with Crippen molar-refractivity contribution < 1.29 is 4.39 Å². The molecule has 0 radical (unpaired) electrons. The van der Waals surface area contributed by atoms with Crippen LogP contribution in [0.5, 0.6) is 0 Å². The predicted molar refractivity (Wildman–Crippen MR) is 63.9 cm³/mol. The van der Waals surface area contributed by atoms with E-state index in [-0.39, 0.29) is 0 Å². The van der Waals surface area contributed by atoms with E-state index >= 15 is 0 Å². The van der Waals surface area contributed by atoms with E-state index in [9.17, 15) is 4.39 Å². The van der Waals surface area contributed by atoms with Gasteiger partial charge in [-0.25, -0.2) is 4.98 Å². The summed E-state index contributed by atoms with van der Waals surface area (Å²) in [6, 6.07) is 9.27. The maximum Gasteiger partial charge on any atom is 0.213 e. The van der Waals surface area contributed by atoms with Crippen molar-refractivity contribution in [3.8, 4) is 11.1 Å². The van der Waals surface area contributed by atoms with Crippen LogP contribution < -0.4 is 5.32 Å². The van der Waals surface area contributed by atoms with Gasteiger partial charge in [0.25, 0.3) is 0 Å². The maximum atomic E-state index is 13.0. The van der Waals surface area contributed by atoms with Crippen LogP contribution in [-0.2, 0) is 0 Å². The molecule has 0 atom stereocenters. The van der Waals surface area contributed by atoms with E-state index < -0.39 is 5.95 Å². The van der Waals surface area contributed by atoms with E-state index in [2.05, 4.69) is 10.3 Å². The fraction of sp³-hybridized carbons (Fsp3) is 0.154. The third-order valence-electron chi connectivity index (χ3n) is 2.56. The molecule has 0 spiro atoms. The van der Waals surface area contributed by atoms with Crippen molar-refractivity contribution >= 4 is 5.69 Å². The molecule has 1 heterocycles. The highest BCUT2D eigenvalue weighted by Crippen LogP contribution is 2.26. The molecule has 2 rings (SSSR count). The van der Waals surface area contributed by atoms with Crippen LogP contribution in [0.25, 0.3) is 11.1 Å². The van der Waals surface area contributed by atoms with Crippen molar-refractivity contribution in [2.45, 2.75) is 6.92 Å². The quantitative estimate of drug-likeness (QED) is 0.779. The summed E-state index contributed by atoms with van der Waals surface area (Å²) in [5.41, 5.74) is 4.00. The number of aryl methyl sites for hydroxylation is 1. The molecule has 0 saturated carbocycles. The highest BCUT2D eigenvalue weighted by Gasteiger charge is 2.04. The van der Waals surface area contributed by atoms with Crippen molar-refractivity contribution in [2.24, 2.45) is 0 Å². The average molecular weight is 216 g/mol. The Kier molecular flexibility index (Phi) is 2.86. The van der Waals surface area contributed by atoms with Gasteiger partial charge in [0.2, 0.25) is 5.95 Å². The molecule has 0 unspecified atom stereocenters. The van der Waals surface area contributed by atoms with E-state index in [1.165, 1.54) is 12.3 Å². The summed E-state index contributed by atoms with van der Waals surface area (Å²) >= 11 is 0. The number of hydrogen-bond donors (Lipinski definition) is 1. The van der Waals surface area contributed by atoms with Crippen LogP contribution in [0.1, 0.15) is 5.56 Å². The van der Waals surface area contributed by atoms with Gasteiger partial charge >= 0.3 is 0 Å². The van der Waals surface area contributed by atoms with Crippen LogP contribution in [0.4, 0.5) is 10.1 Å². The van der Waals surface area contributed by atoms with Crippen LogP contribution in [0, 0.1) is 12.9 Å². The summed E-state index contributed by atoms with van der Waals surface area (Å²) in [5, 5.41) is 3.07. The Morgan fingerprint density at radius 3 is 2.69 bits per heavy atom. The Hall–Kier alpha value is -1.90. The number of aromatic nitrogens is 1. The fourth-order valence-corrected chi connectivity index (χ4v) is 1.66. The van der Waals surface area contributed by atoms with E-state index in [1.807, 2.05) is 38.2 Å². The third-order valence-corrected chi connectivity index (χ3v) is 2.56. The van der Waals surface area contributed by atoms with E-state index in [0.717, 1.165) is 22.4 Å². The molecule has 2 aromatic rings. The number of benzene rings is 1. The highest BCUT2D eigenvalue weighted by atomic mass is 19.1. The normalized spacial score (nSPS) is 10.2. The summed E-state index contributed by atoms with van der Waals surface area (Å²) in [6.45, 7) is 2.01. The second-order valence-electron chi connectivity index (χ2n) is 3.65. The second kappa shape index (κ2) is 4.31. The van der Waals surface area contributed by atoms with Gasteiger partial charge in [0.05, 0.1) is 0 Å². The summed E-state index contributed by atoms with van der Waals surface area (Å²) in [7, 11) is 1.86. The lowest BCUT2D eigenvalue weighted by atomic mass is 10.0. The first kappa shape index (κ1) is 10.6. The molecule has 0 aliphatic carbocycles. The molecule has 2 nitrogen and oxygen atoms in total. The molecule has 1 N–H and O–H groups in total. The number of nitrogens with zero attached hydrogens (tertiary/aromatic N) is 1. The van der Waals surface area contributed by atoms with Gasteiger partial charge < -0.3 is 5.32 Å². The molecule has 0 amide bonds. The molecule has 3 heteroatoms. The van der Waals surface area contributed by atoms with Crippen LogP contribution in [0.3, 0.4) is 0 Å². The van der Waals surface area contributed by atoms with Crippen molar-refractivity contribution in [3.63, 3.8) is 0 Å². The first-order valence-electron chi connectivity index (χ1n) is 5.11. The Labute approximate surface area is 94.2 Å². The van der Waals surface area contributed by atoms with Gasteiger partial charge in [-0.2, -0.15) is 4.39 Å².